The monoisotopic (exact) mass is 1220 g/mol. The molecule has 0 aliphatic rings. The molecule has 0 fully saturated rings. The summed E-state index contributed by atoms with van der Waals surface area (Å²) in [6.45, 7) is 4.71. The Morgan fingerprint density at radius 2 is 0.709 bits per heavy atom. The van der Waals surface area contributed by atoms with Crippen LogP contribution < -0.4 is 5.32 Å². The number of quaternary nitrogens is 1. The van der Waals surface area contributed by atoms with E-state index in [9.17, 15) is 19.4 Å². The van der Waals surface area contributed by atoms with E-state index in [1.807, 2.05) is 27.2 Å². The van der Waals surface area contributed by atoms with Crippen LogP contribution in [0.5, 0.6) is 0 Å². The van der Waals surface area contributed by atoms with Gasteiger partial charge >= 0.3 is 7.82 Å². The Hall–Kier alpha value is -2.58. The maximum atomic E-state index is 13.1. The van der Waals surface area contributed by atoms with Crippen molar-refractivity contribution in [3.63, 3.8) is 0 Å². The summed E-state index contributed by atoms with van der Waals surface area (Å²) in [5.74, 6) is -0.187. The van der Waals surface area contributed by atoms with Crippen LogP contribution in [0.15, 0.2) is 97.2 Å². The van der Waals surface area contributed by atoms with Crippen LogP contribution >= 0.6 is 7.82 Å². The number of nitrogens with zero attached hydrogens (tertiary/aromatic N) is 1. The molecule has 0 aliphatic heterocycles. The van der Waals surface area contributed by atoms with Crippen LogP contribution in [-0.2, 0) is 18.4 Å². The first-order chi connectivity index (χ1) is 42.0. The average molecular weight is 1220 g/mol. The Balaban J connectivity index is 4.06. The van der Waals surface area contributed by atoms with Gasteiger partial charge in [0.15, 0.2) is 0 Å². The standard InChI is InChI=1S/C77H141N2O6P/c1-6-8-10-12-14-16-18-20-22-24-26-28-30-32-34-35-36-37-38-39-40-41-42-43-45-47-49-51-53-55-57-59-61-63-65-67-69-71-77(81)78-75(74-85-86(82,83)84-73-72-79(3,4)5)76(80)70-68-66-64-62-60-58-56-54-52-50-48-46-44-33-31-29-27-25-23-21-19-17-15-13-11-9-7-2/h8,10,14,16,20,22,26,28,32,34,52,54,60,62,68,70,75-76,80H,6-7,9,11-13,15,17-19,21,23-25,27,29-31,33,35-51,53,55-59,61,63-67,69,71-74H2,1-5H3,(H-,78,81,82,83)/p+1/b10-8-,16-14-,22-20-,28-26-,34-32-,54-52+,62-60+,70-68+. The molecule has 0 aliphatic carbocycles. The van der Waals surface area contributed by atoms with Gasteiger partial charge in [0, 0.05) is 6.42 Å². The predicted octanol–water partition coefficient (Wildman–Crippen LogP) is 23.7. The number of phosphoric ester groups is 1. The number of allylic oxidation sites excluding steroid dienone is 15. The average Bonchev–Trinajstić information content (AvgIpc) is 3.70. The number of hydrogen-bond donors (Lipinski definition) is 3. The van der Waals surface area contributed by atoms with E-state index in [1.165, 1.54) is 238 Å². The molecule has 0 aromatic rings. The highest BCUT2D eigenvalue weighted by molar-refractivity contribution is 7.47. The first kappa shape index (κ1) is 83.4. The van der Waals surface area contributed by atoms with Crippen LogP contribution in [0.3, 0.4) is 0 Å². The first-order valence-electron chi connectivity index (χ1n) is 36.6. The van der Waals surface area contributed by atoms with Gasteiger partial charge in [-0.3, -0.25) is 13.8 Å². The SMILES string of the molecule is CC/C=C\C/C=C\C/C=C\C/C=C\C/C=C\CCCCCCCCCCCCCCCCCCCCCCCC(=O)NC(COP(=O)(O)OCC[N+](C)(C)C)C(O)/C=C/CC/C=C/CC/C=C/CCCCCCCCCCCCCCCCCCC. The summed E-state index contributed by atoms with van der Waals surface area (Å²) >= 11 is 0. The van der Waals surface area contributed by atoms with E-state index in [2.05, 4.69) is 104 Å². The molecular weight excluding hydrogens is 1080 g/mol. The second kappa shape index (κ2) is 66.8. The van der Waals surface area contributed by atoms with Crippen molar-refractivity contribution in [1.82, 2.24) is 5.32 Å². The summed E-state index contributed by atoms with van der Waals surface area (Å²) < 4.78 is 23.8. The summed E-state index contributed by atoms with van der Waals surface area (Å²) in [7, 11) is 1.55. The lowest BCUT2D eigenvalue weighted by Crippen LogP contribution is -2.45. The number of amides is 1. The van der Waals surface area contributed by atoms with E-state index in [-0.39, 0.29) is 19.1 Å². The fourth-order valence-corrected chi connectivity index (χ4v) is 11.4. The number of nitrogens with one attached hydrogen (secondary N) is 1. The topological polar surface area (TPSA) is 105 Å². The van der Waals surface area contributed by atoms with Crippen LogP contribution in [0, 0.1) is 0 Å². The fraction of sp³-hybridized carbons (Fsp3) is 0.779. The Kier molecular flexibility index (Phi) is 64.8. The first-order valence-corrected chi connectivity index (χ1v) is 38.1. The lowest BCUT2D eigenvalue weighted by atomic mass is 10.0. The summed E-state index contributed by atoms with van der Waals surface area (Å²) in [5.41, 5.74) is 0. The van der Waals surface area contributed by atoms with Gasteiger partial charge in [0.1, 0.15) is 13.2 Å². The minimum absolute atomic E-state index is 0.0520. The molecule has 0 aromatic heterocycles. The van der Waals surface area contributed by atoms with E-state index >= 15 is 0 Å². The van der Waals surface area contributed by atoms with Crippen molar-refractivity contribution in [2.75, 3.05) is 40.9 Å². The van der Waals surface area contributed by atoms with Crippen LogP contribution in [0.25, 0.3) is 0 Å². The highest BCUT2D eigenvalue weighted by Crippen LogP contribution is 2.43. The molecule has 0 saturated heterocycles. The van der Waals surface area contributed by atoms with Crippen molar-refractivity contribution in [3.05, 3.63) is 97.2 Å². The molecule has 1 amide bonds. The molecule has 3 unspecified atom stereocenters. The van der Waals surface area contributed by atoms with Crippen LogP contribution in [0.4, 0.5) is 0 Å². The molecule has 500 valence electrons. The van der Waals surface area contributed by atoms with E-state index in [4.69, 9.17) is 9.05 Å². The lowest BCUT2D eigenvalue weighted by Gasteiger charge is -2.25. The van der Waals surface area contributed by atoms with Crippen molar-refractivity contribution in [1.29, 1.82) is 0 Å². The number of unbranched alkanes of at least 4 members (excludes halogenated alkanes) is 40. The maximum absolute atomic E-state index is 13.1. The molecule has 8 nitrogen and oxygen atoms in total. The quantitative estimate of drug-likeness (QED) is 0.0243. The van der Waals surface area contributed by atoms with Crippen LogP contribution in [0.1, 0.15) is 335 Å². The zero-order valence-corrected chi connectivity index (χ0v) is 58.2. The molecule has 0 rings (SSSR count). The van der Waals surface area contributed by atoms with Gasteiger partial charge in [-0.2, -0.15) is 0 Å². The third-order valence-corrected chi connectivity index (χ3v) is 17.2. The summed E-state index contributed by atoms with van der Waals surface area (Å²) in [5, 5.41) is 14.0. The van der Waals surface area contributed by atoms with E-state index < -0.39 is 20.0 Å². The highest BCUT2D eigenvalue weighted by Gasteiger charge is 2.28. The third kappa shape index (κ3) is 68.9. The van der Waals surface area contributed by atoms with E-state index in [1.54, 1.807) is 6.08 Å². The minimum atomic E-state index is -4.37. The van der Waals surface area contributed by atoms with Gasteiger partial charge in [-0.25, -0.2) is 4.57 Å². The number of hydrogen-bond acceptors (Lipinski definition) is 5. The largest absolute Gasteiger partial charge is 0.472 e. The second-order valence-corrected chi connectivity index (χ2v) is 27.4. The van der Waals surface area contributed by atoms with Gasteiger partial charge in [0.2, 0.25) is 5.91 Å². The molecule has 0 spiro atoms. The fourth-order valence-electron chi connectivity index (χ4n) is 10.6. The molecule has 0 heterocycles. The summed E-state index contributed by atoms with van der Waals surface area (Å²) in [6.07, 6.45) is 97.2. The Morgan fingerprint density at radius 1 is 0.407 bits per heavy atom. The molecule has 0 saturated carbocycles. The van der Waals surface area contributed by atoms with Crippen LogP contribution in [0.2, 0.25) is 0 Å². The zero-order chi connectivity index (χ0) is 62.6. The molecule has 0 bridgehead atoms. The smallest absolute Gasteiger partial charge is 0.387 e. The molecule has 0 aromatic carbocycles. The molecule has 0 radical (unpaired) electrons. The zero-order valence-electron chi connectivity index (χ0n) is 57.3. The third-order valence-electron chi connectivity index (χ3n) is 16.3. The number of aliphatic hydroxyl groups excluding tert-OH is 1. The van der Waals surface area contributed by atoms with Crippen molar-refractivity contribution in [3.8, 4) is 0 Å². The summed E-state index contributed by atoms with van der Waals surface area (Å²) in [6, 6.07) is -0.875. The molecule has 86 heavy (non-hydrogen) atoms. The van der Waals surface area contributed by atoms with Crippen LogP contribution in [-0.4, -0.2) is 73.4 Å². The normalized spacial score (nSPS) is 14.2. The number of rotatable bonds is 67. The highest BCUT2D eigenvalue weighted by atomic mass is 31.2. The Morgan fingerprint density at radius 3 is 1.07 bits per heavy atom. The minimum Gasteiger partial charge on any atom is -0.387 e. The molecule has 3 atom stereocenters. The maximum Gasteiger partial charge on any atom is 0.472 e. The molecule has 9 heteroatoms. The summed E-state index contributed by atoms with van der Waals surface area (Å²) in [4.78, 5) is 23.4. The van der Waals surface area contributed by atoms with Gasteiger partial charge in [-0.15, -0.1) is 0 Å². The number of likely N-dealkylation sites (N-methyl/N-ethyl adjacent to an activating group) is 1. The Bertz CT molecular complexity index is 1730. The van der Waals surface area contributed by atoms with Gasteiger partial charge in [0.25, 0.3) is 0 Å². The van der Waals surface area contributed by atoms with Gasteiger partial charge in [-0.05, 0) is 89.9 Å². The second-order valence-electron chi connectivity index (χ2n) is 25.9. The number of aliphatic hydroxyl groups is 1. The number of phosphoric acid groups is 1. The Labute approximate surface area is 534 Å². The number of carbonyl (C=O) groups is 1. The van der Waals surface area contributed by atoms with Crippen molar-refractivity contribution < 1.29 is 32.9 Å². The van der Waals surface area contributed by atoms with Gasteiger partial charge < -0.3 is 19.8 Å². The van der Waals surface area contributed by atoms with Gasteiger partial charge in [-0.1, -0.05) is 336 Å². The van der Waals surface area contributed by atoms with E-state index in [0.717, 1.165) is 77.0 Å². The lowest BCUT2D eigenvalue weighted by molar-refractivity contribution is -0.870. The van der Waals surface area contributed by atoms with E-state index in [0.29, 0.717) is 17.4 Å². The number of carbonyl (C=O) groups excluding carboxylic acids is 1. The molecule has 3 N–H and O–H groups in total. The van der Waals surface area contributed by atoms with Crippen molar-refractivity contribution in [2.24, 2.45) is 0 Å². The predicted molar refractivity (Wildman–Crippen MR) is 378 cm³/mol. The van der Waals surface area contributed by atoms with Gasteiger partial charge in [0.05, 0.1) is 39.9 Å². The molecular formula is C77H142N2O6P+. The van der Waals surface area contributed by atoms with Crippen molar-refractivity contribution in [2.45, 2.75) is 347 Å². The van der Waals surface area contributed by atoms with Crippen molar-refractivity contribution >= 4 is 13.7 Å².